The molecule has 196 valence electrons. The zero-order chi connectivity index (χ0) is 26.2. The van der Waals surface area contributed by atoms with Crippen molar-refractivity contribution in [3.05, 3.63) is 48.3 Å². The van der Waals surface area contributed by atoms with E-state index in [4.69, 9.17) is 9.47 Å². The van der Waals surface area contributed by atoms with Crippen molar-refractivity contribution >= 4 is 21.7 Å². The first-order valence-corrected chi connectivity index (χ1v) is 13.6. The van der Waals surface area contributed by atoms with E-state index in [1.165, 1.54) is 19.6 Å². The van der Waals surface area contributed by atoms with Crippen molar-refractivity contribution in [1.29, 1.82) is 0 Å². The number of nitrogens with one attached hydrogen (secondary N) is 2. The minimum Gasteiger partial charge on any atom is -0.493 e. The third-order valence-electron chi connectivity index (χ3n) is 6.62. The number of amides is 2. The van der Waals surface area contributed by atoms with E-state index in [0.717, 1.165) is 30.8 Å². The smallest absolute Gasteiger partial charge is 0.333 e. The van der Waals surface area contributed by atoms with Gasteiger partial charge in [-0.15, -0.1) is 0 Å². The molecule has 4 heterocycles. The number of fused-ring (bicyclic) bond motifs is 1. The molecule has 2 aromatic heterocycles. The number of methoxy groups -OCH3 is 1. The van der Waals surface area contributed by atoms with Crippen LogP contribution in [-0.4, -0.2) is 67.5 Å². The largest absolute Gasteiger partial charge is 0.493 e. The molecule has 2 aliphatic heterocycles. The van der Waals surface area contributed by atoms with Crippen molar-refractivity contribution in [2.24, 2.45) is 0 Å². The predicted octanol–water partition coefficient (Wildman–Crippen LogP) is 2.84. The lowest BCUT2D eigenvalue weighted by Crippen LogP contribution is -2.47. The second kappa shape index (κ2) is 9.67. The number of rotatable bonds is 8. The van der Waals surface area contributed by atoms with Crippen molar-refractivity contribution in [2.45, 2.75) is 37.3 Å². The highest BCUT2D eigenvalue weighted by atomic mass is 32.2. The molecule has 0 atom stereocenters. The van der Waals surface area contributed by atoms with Gasteiger partial charge in [0.05, 0.1) is 24.9 Å². The van der Waals surface area contributed by atoms with Gasteiger partial charge in [0.2, 0.25) is 5.88 Å². The molecule has 2 amide bonds. The Bertz CT molecular complexity index is 1430. The maximum Gasteiger partial charge on any atom is 0.333 e. The summed E-state index contributed by atoms with van der Waals surface area (Å²) in [5.41, 5.74) is 2.30. The minimum absolute atomic E-state index is 0.222. The Kier molecular flexibility index (Phi) is 6.54. The van der Waals surface area contributed by atoms with E-state index in [1.54, 1.807) is 29.2 Å². The van der Waals surface area contributed by atoms with Gasteiger partial charge in [0.15, 0.2) is 5.03 Å². The molecule has 3 aromatic rings. The number of hydrogen-bond acceptors (Lipinski definition) is 8. The lowest BCUT2D eigenvalue weighted by molar-refractivity contribution is 0.112. The molecule has 1 fully saturated rings. The summed E-state index contributed by atoms with van der Waals surface area (Å²) in [6.45, 7) is 7.29. The van der Waals surface area contributed by atoms with Gasteiger partial charge in [-0.3, -0.25) is 4.68 Å². The van der Waals surface area contributed by atoms with Crippen LogP contribution in [0.4, 0.5) is 10.5 Å². The van der Waals surface area contributed by atoms with Gasteiger partial charge in [-0.05, 0) is 63.2 Å². The Balaban J connectivity index is 1.37. The average Bonchev–Trinajstić information content (AvgIpc) is 3.52. The standard InChI is InChI=1S/C25H30N6O5S/c1-25(2,16-30-11-4-12-30)31-13-8-22(28-31)37(33,34)29-24(32)27-23-18(5-6-20-19(23)9-14-36-20)17-7-10-26-21(15-17)35-3/h5-8,10,13,15H,4,9,11-12,14,16H2,1-3H3,(H2,27,29,32). The molecule has 0 unspecified atom stereocenters. The van der Waals surface area contributed by atoms with Crippen LogP contribution in [0.25, 0.3) is 11.1 Å². The first kappa shape index (κ1) is 25.0. The van der Waals surface area contributed by atoms with Gasteiger partial charge < -0.3 is 19.7 Å². The van der Waals surface area contributed by atoms with E-state index < -0.39 is 21.6 Å². The summed E-state index contributed by atoms with van der Waals surface area (Å²) in [6, 6.07) is 7.68. The monoisotopic (exact) mass is 526 g/mol. The molecule has 37 heavy (non-hydrogen) atoms. The van der Waals surface area contributed by atoms with Gasteiger partial charge in [0, 0.05) is 42.6 Å². The van der Waals surface area contributed by atoms with Gasteiger partial charge in [0.25, 0.3) is 10.0 Å². The van der Waals surface area contributed by atoms with Crippen molar-refractivity contribution in [3.8, 4) is 22.8 Å². The third-order valence-corrected chi connectivity index (χ3v) is 7.84. The third kappa shape index (κ3) is 5.12. The van der Waals surface area contributed by atoms with Crippen molar-refractivity contribution in [3.63, 3.8) is 0 Å². The molecular weight excluding hydrogens is 496 g/mol. The van der Waals surface area contributed by atoms with Gasteiger partial charge in [-0.2, -0.15) is 13.5 Å². The van der Waals surface area contributed by atoms with Crippen LogP contribution in [0.5, 0.6) is 11.6 Å². The van der Waals surface area contributed by atoms with Crippen LogP contribution in [0.2, 0.25) is 0 Å². The van der Waals surface area contributed by atoms with Gasteiger partial charge in [0.1, 0.15) is 5.75 Å². The predicted molar refractivity (Wildman–Crippen MR) is 137 cm³/mol. The normalized spacial score (nSPS) is 15.4. The Morgan fingerprint density at radius 2 is 2.03 bits per heavy atom. The van der Waals surface area contributed by atoms with Crippen molar-refractivity contribution in [1.82, 2.24) is 24.4 Å². The number of pyridine rings is 1. The molecule has 1 saturated heterocycles. The summed E-state index contributed by atoms with van der Waals surface area (Å²) in [4.78, 5) is 19.4. The minimum atomic E-state index is -4.21. The summed E-state index contributed by atoms with van der Waals surface area (Å²) in [7, 11) is -2.69. The van der Waals surface area contributed by atoms with Crippen molar-refractivity contribution < 1.29 is 22.7 Å². The van der Waals surface area contributed by atoms with Crippen LogP contribution < -0.4 is 19.5 Å². The summed E-state index contributed by atoms with van der Waals surface area (Å²) in [5.74, 6) is 1.06. The fourth-order valence-electron chi connectivity index (χ4n) is 4.61. The molecule has 2 aliphatic rings. The Morgan fingerprint density at radius 3 is 2.76 bits per heavy atom. The van der Waals surface area contributed by atoms with Crippen LogP contribution in [0.1, 0.15) is 25.8 Å². The van der Waals surface area contributed by atoms with Crippen molar-refractivity contribution in [2.75, 3.05) is 38.7 Å². The summed E-state index contributed by atoms with van der Waals surface area (Å²) < 4.78 is 40.7. The first-order valence-electron chi connectivity index (χ1n) is 12.1. The number of benzene rings is 1. The first-order chi connectivity index (χ1) is 17.7. The van der Waals surface area contributed by atoms with Crippen LogP contribution >= 0.6 is 0 Å². The highest BCUT2D eigenvalue weighted by Gasteiger charge is 2.30. The van der Waals surface area contributed by atoms with Gasteiger partial charge in [-0.25, -0.2) is 14.5 Å². The number of carbonyl (C=O) groups excluding carboxylic acids is 1. The Morgan fingerprint density at radius 1 is 1.22 bits per heavy atom. The van der Waals surface area contributed by atoms with Gasteiger partial charge >= 0.3 is 6.03 Å². The molecule has 0 bridgehead atoms. The van der Waals surface area contributed by atoms with Crippen LogP contribution in [-0.2, 0) is 22.0 Å². The number of likely N-dealkylation sites (tertiary alicyclic amines) is 1. The molecule has 0 saturated carbocycles. The molecule has 2 N–H and O–H groups in total. The molecule has 11 nitrogen and oxygen atoms in total. The van der Waals surface area contributed by atoms with E-state index in [2.05, 4.69) is 25.0 Å². The highest BCUT2D eigenvalue weighted by Crippen LogP contribution is 2.40. The Hall–Kier alpha value is -3.64. The summed E-state index contributed by atoms with van der Waals surface area (Å²) >= 11 is 0. The maximum absolute atomic E-state index is 13.0. The van der Waals surface area contributed by atoms with E-state index >= 15 is 0 Å². The van der Waals surface area contributed by atoms with Crippen LogP contribution in [0, 0.1) is 0 Å². The second-order valence-electron chi connectivity index (χ2n) is 9.75. The maximum atomic E-state index is 13.0. The summed E-state index contributed by atoms with van der Waals surface area (Å²) in [5, 5.41) is 6.80. The van der Waals surface area contributed by atoms with Gasteiger partial charge in [-0.1, -0.05) is 0 Å². The van der Waals surface area contributed by atoms with Crippen LogP contribution in [0.3, 0.4) is 0 Å². The van der Waals surface area contributed by atoms with E-state index in [9.17, 15) is 13.2 Å². The number of urea groups is 1. The number of ether oxygens (including phenoxy) is 2. The molecule has 1 aromatic carbocycles. The number of nitrogens with zero attached hydrogens (tertiary/aromatic N) is 4. The Labute approximate surface area is 215 Å². The number of carbonyl (C=O) groups is 1. The fraction of sp³-hybridized carbons (Fsp3) is 0.400. The number of sulfonamides is 1. The highest BCUT2D eigenvalue weighted by molar-refractivity contribution is 7.90. The molecule has 0 aliphatic carbocycles. The molecule has 0 radical (unpaired) electrons. The number of anilines is 1. The lowest BCUT2D eigenvalue weighted by atomic mass is 9.99. The fourth-order valence-corrected chi connectivity index (χ4v) is 5.44. The molecule has 12 heteroatoms. The zero-order valence-electron chi connectivity index (χ0n) is 21.0. The quantitative estimate of drug-likeness (QED) is 0.459. The molecule has 5 rings (SSSR count). The van der Waals surface area contributed by atoms with E-state index in [0.29, 0.717) is 35.9 Å². The van der Waals surface area contributed by atoms with E-state index in [-0.39, 0.29) is 5.03 Å². The average molecular weight is 527 g/mol. The SMILES string of the molecule is COc1cc(-c2ccc3c(c2NC(=O)NS(=O)(=O)c2ccn(C(C)(C)CN4CCC4)n2)CCO3)ccn1. The number of aromatic nitrogens is 3. The number of hydrogen-bond donors (Lipinski definition) is 2. The van der Waals surface area contributed by atoms with E-state index in [1.807, 2.05) is 26.0 Å². The summed E-state index contributed by atoms with van der Waals surface area (Å²) in [6.07, 6.45) is 4.97. The molecular formula is C25H30N6O5S. The second-order valence-corrected chi connectivity index (χ2v) is 11.4. The lowest BCUT2D eigenvalue weighted by Gasteiger charge is -2.38. The zero-order valence-corrected chi connectivity index (χ0v) is 21.8. The molecule has 0 spiro atoms. The van der Waals surface area contributed by atoms with Crippen LogP contribution in [0.15, 0.2) is 47.8 Å². The topological polar surface area (TPSA) is 128 Å².